The molecule has 0 radical (unpaired) electrons. The number of H-pyrrole nitrogens is 1. The molecule has 1 aromatic heterocycles. The Morgan fingerprint density at radius 3 is 2.70 bits per heavy atom. The fourth-order valence-electron chi connectivity index (χ4n) is 2.65. The van der Waals surface area contributed by atoms with Gasteiger partial charge in [-0.3, -0.25) is 10.1 Å². The molecule has 3 aromatic rings. The standard InChI is InChI=1S/C20H20ClN3O3/c1-4-12(3)27-19(26)16-13(8-6-9-14(16)21)18(25)24-20-22-15-10-5-7-11(2)17(15)23-20/h5-10,12H,4H2,1-3H3,(H2,22,23,24,25). The van der Waals surface area contributed by atoms with Crippen LogP contribution < -0.4 is 5.32 Å². The van der Waals surface area contributed by atoms with E-state index in [2.05, 4.69) is 15.3 Å². The minimum absolute atomic E-state index is 0.0456. The van der Waals surface area contributed by atoms with Crippen LogP contribution in [0, 0.1) is 6.92 Å². The molecule has 27 heavy (non-hydrogen) atoms. The summed E-state index contributed by atoms with van der Waals surface area (Å²) in [5, 5.41) is 2.86. The second kappa shape index (κ2) is 7.80. The molecular formula is C20H20ClN3O3. The molecule has 140 valence electrons. The molecule has 0 fully saturated rings. The van der Waals surface area contributed by atoms with Crippen LogP contribution >= 0.6 is 11.6 Å². The third-order valence-electron chi connectivity index (χ3n) is 4.30. The Hall–Kier alpha value is -2.86. The first kappa shape index (κ1) is 18.9. The highest BCUT2D eigenvalue weighted by molar-refractivity contribution is 6.34. The van der Waals surface area contributed by atoms with Gasteiger partial charge in [0.15, 0.2) is 0 Å². The first-order chi connectivity index (χ1) is 12.9. The Kier molecular flexibility index (Phi) is 5.46. The van der Waals surface area contributed by atoms with Gasteiger partial charge < -0.3 is 9.72 Å². The summed E-state index contributed by atoms with van der Waals surface area (Å²) in [4.78, 5) is 32.7. The number of carbonyl (C=O) groups is 2. The molecule has 3 rings (SSSR count). The maximum atomic E-state index is 12.8. The Bertz CT molecular complexity index is 1010. The van der Waals surface area contributed by atoms with Crippen LogP contribution in [0.3, 0.4) is 0 Å². The van der Waals surface area contributed by atoms with Crippen molar-refractivity contribution in [2.45, 2.75) is 33.3 Å². The number of aryl methyl sites for hydroxylation is 1. The van der Waals surface area contributed by atoms with Gasteiger partial charge in [-0.2, -0.15) is 0 Å². The average molecular weight is 386 g/mol. The van der Waals surface area contributed by atoms with E-state index in [1.54, 1.807) is 19.1 Å². The van der Waals surface area contributed by atoms with Gasteiger partial charge in [0.25, 0.3) is 5.91 Å². The summed E-state index contributed by atoms with van der Waals surface area (Å²) >= 11 is 6.18. The summed E-state index contributed by atoms with van der Waals surface area (Å²) in [6, 6.07) is 10.4. The Labute approximate surface area is 161 Å². The van der Waals surface area contributed by atoms with Gasteiger partial charge in [-0.05, 0) is 44.0 Å². The first-order valence-corrected chi connectivity index (χ1v) is 9.04. The highest BCUT2D eigenvalue weighted by atomic mass is 35.5. The third kappa shape index (κ3) is 3.95. The molecule has 0 aliphatic heterocycles. The summed E-state index contributed by atoms with van der Waals surface area (Å²) in [5.74, 6) is -0.823. The van der Waals surface area contributed by atoms with E-state index in [-0.39, 0.29) is 22.3 Å². The molecule has 1 heterocycles. The van der Waals surface area contributed by atoms with Crippen molar-refractivity contribution in [1.82, 2.24) is 9.97 Å². The topological polar surface area (TPSA) is 84.1 Å². The van der Waals surface area contributed by atoms with Crippen molar-refractivity contribution in [2.75, 3.05) is 5.32 Å². The molecule has 0 saturated heterocycles. The van der Waals surface area contributed by atoms with E-state index in [1.165, 1.54) is 6.07 Å². The predicted molar refractivity (Wildman–Crippen MR) is 105 cm³/mol. The van der Waals surface area contributed by atoms with Gasteiger partial charge in [0.2, 0.25) is 5.95 Å². The number of esters is 1. The Morgan fingerprint density at radius 2 is 2.00 bits per heavy atom. The minimum Gasteiger partial charge on any atom is -0.459 e. The fourth-order valence-corrected chi connectivity index (χ4v) is 2.91. The quantitative estimate of drug-likeness (QED) is 0.621. The number of aromatic nitrogens is 2. The van der Waals surface area contributed by atoms with Gasteiger partial charge in [0.1, 0.15) is 0 Å². The van der Waals surface area contributed by atoms with Gasteiger partial charge in [0.05, 0.1) is 33.3 Å². The monoisotopic (exact) mass is 385 g/mol. The SMILES string of the molecule is CCC(C)OC(=O)c1c(Cl)cccc1C(=O)Nc1nc2cccc(C)c2[nH]1. The number of nitrogens with one attached hydrogen (secondary N) is 2. The molecule has 7 heteroatoms. The van der Waals surface area contributed by atoms with Crippen molar-refractivity contribution < 1.29 is 14.3 Å². The number of anilines is 1. The van der Waals surface area contributed by atoms with Crippen LogP contribution in [0.1, 0.15) is 46.5 Å². The van der Waals surface area contributed by atoms with E-state index < -0.39 is 11.9 Å². The zero-order chi connectivity index (χ0) is 19.6. The van der Waals surface area contributed by atoms with Crippen LogP contribution in [-0.2, 0) is 4.74 Å². The van der Waals surface area contributed by atoms with E-state index >= 15 is 0 Å². The largest absolute Gasteiger partial charge is 0.459 e. The van der Waals surface area contributed by atoms with Gasteiger partial charge in [-0.15, -0.1) is 0 Å². The van der Waals surface area contributed by atoms with Crippen LogP contribution in [0.4, 0.5) is 5.95 Å². The van der Waals surface area contributed by atoms with Crippen LogP contribution in [0.5, 0.6) is 0 Å². The lowest BCUT2D eigenvalue weighted by Gasteiger charge is -2.14. The van der Waals surface area contributed by atoms with E-state index in [0.717, 1.165) is 16.6 Å². The third-order valence-corrected chi connectivity index (χ3v) is 4.62. The molecule has 2 aromatic carbocycles. The normalized spacial score (nSPS) is 12.0. The summed E-state index contributed by atoms with van der Waals surface area (Å²) in [6.07, 6.45) is 0.388. The summed E-state index contributed by atoms with van der Waals surface area (Å²) < 4.78 is 5.34. The van der Waals surface area contributed by atoms with E-state index in [9.17, 15) is 9.59 Å². The van der Waals surface area contributed by atoms with Crippen LogP contribution in [0.2, 0.25) is 5.02 Å². The Morgan fingerprint density at radius 1 is 1.26 bits per heavy atom. The van der Waals surface area contributed by atoms with Crippen LogP contribution in [-0.4, -0.2) is 27.9 Å². The summed E-state index contributed by atoms with van der Waals surface area (Å²) in [6.45, 7) is 5.64. The van der Waals surface area contributed by atoms with Crippen LogP contribution in [0.25, 0.3) is 11.0 Å². The lowest BCUT2D eigenvalue weighted by atomic mass is 10.1. The van der Waals surface area contributed by atoms with E-state index in [1.807, 2.05) is 32.0 Å². The average Bonchev–Trinajstić information content (AvgIpc) is 3.05. The first-order valence-electron chi connectivity index (χ1n) is 8.67. The number of fused-ring (bicyclic) bond motifs is 1. The van der Waals surface area contributed by atoms with Crippen molar-refractivity contribution >= 4 is 40.5 Å². The fraction of sp³-hybridized carbons (Fsp3) is 0.250. The van der Waals surface area contributed by atoms with Gasteiger partial charge in [-0.1, -0.05) is 36.7 Å². The van der Waals surface area contributed by atoms with Crippen molar-refractivity contribution in [3.63, 3.8) is 0 Å². The number of halogens is 1. The smallest absolute Gasteiger partial charge is 0.340 e. The van der Waals surface area contributed by atoms with E-state index in [4.69, 9.17) is 16.3 Å². The molecule has 0 bridgehead atoms. The highest BCUT2D eigenvalue weighted by Crippen LogP contribution is 2.24. The van der Waals surface area contributed by atoms with E-state index in [0.29, 0.717) is 12.4 Å². The molecule has 1 unspecified atom stereocenters. The number of imidazole rings is 1. The number of aromatic amines is 1. The number of carbonyl (C=O) groups excluding carboxylic acids is 2. The zero-order valence-electron chi connectivity index (χ0n) is 15.3. The van der Waals surface area contributed by atoms with Crippen LogP contribution in [0.15, 0.2) is 36.4 Å². The molecule has 1 amide bonds. The molecular weight excluding hydrogens is 366 g/mol. The van der Waals surface area contributed by atoms with Crippen molar-refractivity contribution in [3.8, 4) is 0 Å². The number of para-hydroxylation sites is 1. The molecule has 2 N–H and O–H groups in total. The second-order valence-electron chi connectivity index (χ2n) is 6.30. The van der Waals surface area contributed by atoms with Gasteiger partial charge >= 0.3 is 5.97 Å². The Balaban J connectivity index is 1.91. The second-order valence-corrected chi connectivity index (χ2v) is 6.70. The van der Waals surface area contributed by atoms with Crippen molar-refractivity contribution in [2.24, 2.45) is 0 Å². The number of nitrogens with zero attached hydrogens (tertiary/aromatic N) is 1. The summed E-state index contributed by atoms with van der Waals surface area (Å²) in [7, 11) is 0. The molecule has 6 nitrogen and oxygen atoms in total. The van der Waals surface area contributed by atoms with Crippen molar-refractivity contribution in [3.05, 3.63) is 58.1 Å². The molecule has 0 aliphatic carbocycles. The maximum absolute atomic E-state index is 12.8. The maximum Gasteiger partial charge on any atom is 0.340 e. The molecule has 0 aliphatic rings. The predicted octanol–water partition coefficient (Wildman–Crippen LogP) is 4.73. The lowest BCUT2D eigenvalue weighted by Crippen LogP contribution is -2.21. The summed E-state index contributed by atoms with van der Waals surface area (Å²) in [5.41, 5.74) is 2.78. The number of hydrogen-bond acceptors (Lipinski definition) is 4. The number of rotatable bonds is 5. The number of hydrogen-bond donors (Lipinski definition) is 2. The lowest BCUT2D eigenvalue weighted by molar-refractivity contribution is 0.0332. The number of benzene rings is 2. The van der Waals surface area contributed by atoms with Gasteiger partial charge in [0, 0.05) is 0 Å². The number of ether oxygens (including phenoxy) is 1. The molecule has 0 spiro atoms. The van der Waals surface area contributed by atoms with Crippen molar-refractivity contribution in [1.29, 1.82) is 0 Å². The highest BCUT2D eigenvalue weighted by Gasteiger charge is 2.23. The zero-order valence-corrected chi connectivity index (χ0v) is 16.1. The number of amides is 1. The molecule has 0 saturated carbocycles. The van der Waals surface area contributed by atoms with Gasteiger partial charge in [-0.25, -0.2) is 9.78 Å². The minimum atomic E-state index is -0.624. The molecule has 1 atom stereocenters.